The lowest BCUT2D eigenvalue weighted by Crippen LogP contribution is -2.53. The van der Waals surface area contributed by atoms with Crippen LogP contribution in [0.15, 0.2) is 121 Å². The van der Waals surface area contributed by atoms with Gasteiger partial charge in [0.1, 0.15) is 0 Å². The molecular formula is C34H25F3O9. The Balaban J connectivity index is 1.60. The van der Waals surface area contributed by atoms with E-state index in [1.807, 2.05) is 0 Å². The second kappa shape index (κ2) is 13.7. The van der Waals surface area contributed by atoms with Crippen molar-refractivity contribution in [2.45, 2.75) is 30.3 Å². The molecule has 12 heteroatoms. The zero-order valence-electron chi connectivity index (χ0n) is 23.8. The topological polar surface area (TPSA) is 114 Å². The molecule has 0 aromatic heterocycles. The number of esters is 4. The highest BCUT2D eigenvalue weighted by molar-refractivity contribution is 5.92. The van der Waals surface area contributed by atoms with Gasteiger partial charge in [-0.15, -0.1) is 0 Å². The van der Waals surface area contributed by atoms with Crippen LogP contribution in [-0.2, 0) is 23.7 Å². The summed E-state index contributed by atoms with van der Waals surface area (Å²) in [7, 11) is 0. The van der Waals surface area contributed by atoms with E-state index < -0.39 is 60.8 Å². The molecule has 0 aliphatic carbocycles. The van der Waals surface area contributed by atoms with Gasteiger partial charge in [0.2, 0.25) is 6.10 Å². The predicted molar refractivity (Wildman–Crippen MR) is 154 cm³/mol. The van der Waals surface area contributed by atoms with Gasteiger partial charge in [-0.3, -0.25) is 0 Å². The van der Waals surface area contributed by atoms with E-state index in [-0.39, 0.29) is 22.3 Å². The van der Waals surface area contributed by atoms with Crippen LogP contribution in [0.25, 0.3) is 0 Å². The second-order valence-electron chi connectivity index (χ2n) is 10.0. The number of benzene rings is 4. The maximum absolute atomic E-state index is 14.7. The van der Waals surface area contributed by atoms with Crippen LogP contribution in [0.3, 0.4) is 0 Å². The average Bonchev–Trinajstić information content (AvgIpc) is 3.37. The molecule has 4 unspecified atom stereocenters. The number of carbonyl (C=O) groups excluding carboxylic acids is 4. The summed E-state index contributed by atoms with van der Waals surface area (Å²) in [6.07, 6.45) is -13.0. The zero-order valence-corrected chi connectivity index (χ0v) is 23.8. The van der Waals surface area contributed by atoms with Gasteiger partial charge in [-0.25, -0.2) is 19.2 Å². The van der Waals surface area contributed by atoms with Crippen LogP contribution < -0.4 is 0 Å². The van der Waals surface area contributed by atoms with Gasteiger partial charge in [0.25, 0.3) is 5.79 Å². The third kappa shape index (κ3) is 7.24. The monoisotopic (exact) mass is 634 g/mol. The van der Waals surface area contributed by atoms with Crippen molar-refractivity contribution in [3.8, 4) is 0 Å². The van der Waals surface area contributed by atoms with Gasteiger partial charge in [0, 0.05) is 0 Å². The van der Waals surface area contributed by atoms with Crippen LogP contribution in [0.5, 0.6) is 0 Å². The van der Waals surface area contributed by atoms with Gasteiger partial charge >= 0.3 is 30.1 Å². The van der Waals surface area contributed by atoms with Crippen molar-refractivity contribution >= 4 is 23.9 Å². The van der Waals surface area contributed by atoms with Crippen molar-refractivity contribution in [1.82, 2.24) is 0 Å². The van der Waals surface area contributed by atoms with Crippen LogP contribution in [0.4, 0.5) is 13.2 Å². The third-order valence-corrected chi connectivity index (χ3v) is 6.86. The van der Waals surface area contributed by atoms with E-state index in [1.54, 1.807) is 24.3 Å². The zero-order chi connectivity index (χ0) is 32.7. The molecule has 9 nitrogen and oxygen atoms in total. The molecule has 1 aliphatic heterocycles. The van der Waals surface area contributed by atoms with Crippen LogP contribution in [-0.4, -0.2) is 60.8 Å². The van der Waals surface area contributed by atoms with E-state index in [2.05, 4.69) is 0 Å². The van der Waals surface area contributed by atoms with Crippen LogP contribution in [0.2, 0.25) is 0 Å². The predicted octanol–water partition coefficient (Wildman–Crippen LogP) is 5.81. The minimum absolute atomic E-state index is 0.0160. The molecule has 5 rings (SSSR count). The number of rotatable bonds is 9. The molecule has 0 saturated carbocycles. The maximum atomic E-state index is 14.7. The van der Waals surface area contributed by atoms with Crippen molar-refractivity contribution in [2.75, 3.05) is 6.61 Å². The molecule has 1 aliphatic rings. The molecule has 0 amide bonds. The summed E-state index contributed by atoms with van der Waals surface area (Å²) >= 11 is 0. The molecule has 1 fully saturated rings. The van der Waals surface area contributed by atoms with Gasteiger partial charge in [-0.2, -0.15) is 13.2 Å². The Hall–Kier alpha value is -5.49. The van der Waals surface area contributed by atoms with Crippen molar-refractivity contribution in [1.29, 1.82) is 0 Å². The fraction of sp³-hybridized carbons (Fsp3) is 0.176. The highest BCUT2D eigenvalue weighted by atomic mass is 19.4. The lowest BCUT2D eigenvalue weighted by atomic mass is 10.0. The Labute approximate surface area is 260 Å². The van der Waals surface area contributed by atoms with Crippen LogP contribution >= 0.6 is 0 Å². The molecular weight excluding hydrogens is 609 g/mol. The minimum Gasteiger partial charge on any atom is -0.455 e. The SMILES string of the molecule is O=C(OCC1(OC(=O)c2ccccc2)OC(C(F)(F)F)C(OC(=O)c2ccccc2)C1OC(=O)c1ccccc1)c1ccccc1. The van der Waals surface area contributed by atoms with E-state index in [4.69, 9.17) is 23.7 Å². The number of alkyl halides is 3. The Morgan fingerprint density at radius 2 is 0.978 bits per heavy atom. The normalized spacial score (nSPS) is 20.7. The van der Waals surface area contributed by atoms with Gasteiger partial charge < -0.3 is 23.7 Å². The number of ether oxygens (including phenoxy) is 5. The highest BCUT2D eigenvalue weighted by Gasteiger charge is 2.69. The fourth-order valence-corrected chi connectivity index (χ4v) is 4.66. The maximum Gasteiger partial charge on any atom is 0.418 e. The summed E-state index contributed by atoms with van der Waals surface area (Å²) < 4.78 is 71.1. The summed E-state index contributed by atoms with van der Waals surface area (Å²) in [5, 5.41) is 0. The quantitative estimate of drug-likeness (QED) is 0.166. The standard InChI is InChI=1S/C34H25F3O9/c35-34(36,37)28-26(43-30(39)23-15-7-2-8-16-23)27(44-31(40)24-17-9-3-10-18-24)33(45-28,46-32(41)25-19-11-4-12-20-25)21-42-29(38)22-13-5-1-6-14-22/h1-20,26-28H,21H2. The molecule has 4 aromatic carbocycles. The highest BCUT2D eigenvalue weighted by Crippen LogP contribution is 2.44. The summed E-state index contributed by atoms with van der Waals surface area (Å²) in [4.78, 5) is 52.7. The average molecular weight is 635 g/mol. The van der Waals surface area contributed by atoms with E-state index in [0.717, 1.165) is 0 Å². The lowest BCUT2D eigenvalue weighted by Gasteiger charge is -2.33. The van der Waals surface area contributed by atoms with Crippen molar-refractivity contribution in [3.05, 3.63) is 144 Å². The molecule has 0 N–H and O–H groups in total. The number of carbonyl (C=O) groups is 4. The first kappa shape index (κ1) is 31.9. The van der Waals surface area contributed by atoms with Gasteiger partial charge in [0.15, 0.2) is 18.8 Å². The van der Waals surface area contributed by atoms with Crippen LogP contribution in [0, 0.1) is 0 Å². The molecule has 0 bridgehead atoms. The molecule has 1 saturated heterocycles. The Morgan fingerprint density at radius 3 is 1.41 bits per heavy atom. The summed E-state index contributed by atoms with van der Waals surface area (Å²) in [6.45, 7) is -1.18. The Kier molecular flexibility index (Phi) is 9.47. The van der Waals surface area contributed by atoms with Crippen molar-refractivity contribution < 1.29 is 56.0 Å². The molecule has 0 radical (unpaired) electrons. The summed E-state index contributed by atoms with van der Waals surface area (Å²) in [5.74, 6) is -7.53. The van der Waals surface area contributed by atoms with Crippen molar-refractivity contribution in [2.24, 2.45) is 0 Å². The fourth-order valence-electron chi connectivity index (χ4n) is 4.66. The Bertz CT molecular complexity index is 1670. The first-order valence-electron chi connectivity index (χ1n) is 13.8. The van der Waals surface area contributed by atoms with Crippen molar-refractivity contribution in [3.63, 3.8) is 0 Å². The second-order valence-corrected chi connectivity index (χ2v) is 10.0. The Morgan fingerprint density at radius 1 is 0.587 bits per heavy atom. The third-order valence-electron chi connectivity index (χ3n) is 6.86. The first-order chi connectivity index (χ1) is 22.1. The lowest BCUT2D eigenvalue weighted by molar-refractivity contribution is -0.292. The van der Waals surface area contributed by atoms with E-state index in [9.17, 15) is 32.3 Å². The van der Waals surface area contributed by atoms with E-state index in [0.29, 0.717) is 0 Å². The van der Waals surface area contributed by atoms with Gasteiger partial charge in [0.05, 0.1) is 22.3 Å². The number of halogens is 3. The molecule has 4 atom stereocenters. The molecule has 4 aromatic rings. The molecule has 1 heterocycles. The summed E-state index contributed by atoms with van der Waals surface area (Å²) in [6, 6.07) is 28.9. The minimum atomic E-state index is -5.26. The summed E-state index contributed by atoms with van der Waals surface area (Å²) in [5.41, 5.74) is -0.301. The number of hydrogen-bond acceptors (Lipinski definition) is 9. The molecule has 0 spiro atoms. The first-order valence-corrected chi connectivity index (χ1v) is 13.8. The van der Waals surface area contributed by atoms with E-state index in [1.165, 1.54) is 97.1 Å². The van der Waals surface area contributed by atoms with Gasteiger partial charge in [-0.1, -0.05) is 72.8 Å². The van der Waals surface area contributed by atoms with E-state index >= 15 is 0 Å². The largest absolute Gasteiger partial charge is 0.455 e. The smallest absolute Gasteiger partial charge is 0.418 e. The van der Waals surface area contributed by atoms with Gasteiger partial charge in [-0.05, 0) is 48.5 Å². The number of hydrogen-bond donors (Lipinski definition) is 0. The molecule has 46 heavy (non-hydrogen) atoms. The molecule has 236 valence electrons. The van der Waals surface area contributed by atoms with Crippen LogP contribution in [0.1, 0.15) is 41.4 Å².